The molecule has 0 rings (SSSR count). The summed E-state index contributed by atoms with van der Waals surface area (Å²) in [6, 6.07) is 0. The molecule has 236 valence electrons. The number of hydrogen-bond donors (Lipinski definition) is 0. The number of phosphoric acid groups is 1. The highest BCUT2D eigenvalue weighted by Gasteiger charge is 2.29. The highest BCUT2D eigenvalue weighted by Crippen LogP contribution is 2.51. The molecule has 0 aliphatic rings. The molecule has 0 aliphatic carbocycles. The van der Waals surface area contributed by atoms with Gasteiger partial charge in [-0.1, -0.05) is 169 Å². The third kappa shape index (κ3) is 25.5. The van der Waals surface area contributed by atoms with Gasteiger partial charge in [-0.3, -0.25) is 13.6 Å². The predicted octanol–water partition coefficient (Wildman–Crippen LogP) is 12.8. The predicted molar refractivity (Wildman–Crippen MR) is 172 cm³/mol. The van der Waals surface area contributed by atoms with Crippen LogP contribution in [0, 0.1) is 11.8 Å². The van der Waals surface area contributed by atoms with Crippen LogP contribution in [0.15, 0.2) is 0 Å². The third-order valence-electron chi connectivity index (χ3n) is 8.27. The van der Waals surface area contributed by atoms with Crippen molar-refractivity contribution in [2.24, 2.45) is 11.8 Å². The average Bonchev–Trinajstić information content (AvgIpc) is 2.95. The van der Waals surface area contributed by atoms with Crippen molar-refractivity contribution in [2.45, 2.75) is 189 Å². The summed E-state index contributed by atoms with van der Waals surface area (Å²) < 4.78 is 31.2. The van der Waals surface area contributed by atoms with E-state index in [9.17, 15) is 4.57 Å². The highest BCUT2D eigenvalue weighted by atomic mass is 31.2. The van der Waals surface area contributed by atoms with Crippen LogP contribution in [0.2, 0.25) is 0 Å². The summed E-state index contributed by atoms with van der Waals surface area (Å²) in [5.41, 5.74) is 0. The zero-order chi connectivity index (χ0) is 28.9. The number of rotatable bonds is 32. The van der Waals surface area contributed by atoms with Gasteiger partial charge in [-0.25, -0.2) is 4.57 Å². The maximum Gasteiger partial charge on any atom is 0.474 e. The second kappa shape index (κ2) is 29.6. The molecule has 39 heavy (non-hydrogen) atoms. The van der Waals surface area contributed by atoms with Crippen molar-refractivity contribution < 1.29 is 18.1 Å². The fraction of sp³-hybridized carbons (Fsp3) is 1.00. The van der Waals surface area contributed by atoms with E-state index in [-0.39, 0.29) is 0 Å². The maximum absolute atomic E-state index is 13.5. The van der Waals surface area contributed by atoms with E-state index in [4.69, 9.17) is 13.6 Å². The Morgan fingerprint density at radius 2 is 0.769 bits per heavy atom. The smallest absolute Gasteiger partial charge is 0.287 e. The van der Waals surface area contributed by atoms with E-state index < -0.39 is 7.82 Å². The van der Waals surface area contributed by atoms with Crippen molar-refractivity contribution in [1.29, 1.82) is 0 Å². The third-order valence-corrected chi connectivity index (χ3v) is 9.70. The zero-order valence-corrected chi connectivity index (χ0v) is 28.2. The second-order valence-electron chi connectivity index (χ2n) is 12.0. The Balaban J connectivity index is 4.11. The molecule has 0 amide bonds. The molecule has 0 aromatic rings. The van der Waals surface area contributed by atoms with Crippen LogP contribution in [0.25, 0.3) is 0 Å². The van der Waals surface area contributed by atoms with Crippen molar-refractivity contribution in [3.63, 3.8) is 0 Å². The molecule has 0 aromatic heterocycles. The van der Waals surface area contributed by atoms with E-state index in [1.807, 2.05) is 0 Å². The van der Waals surface area contributed by atoms with Crippen LogP contribution in [-0.4, -0.2) is 19.8 Å². The van der Waals surface area contributed by atoms with Crippen LogP contribution in [0.5, 0.6) is 0 Å². The molecule has 0 fully saturated rings. The van der Waals surface area contributed by atoms with Crippen LogP contribution in [0.4, 0.5) is 0 Å². The first-order chi connectivity index (χ1) is 19.0. The van der Waals surface area contributed by atoms with Gasteiger partial charge in [-0.15, -0.1) is 0 Å². The Hall–Kier alpha value is 0.110. The van der Waals surface area contributed by atoms with Gasteiger partial charge in [0.25, 0.3) is 0 Å². The molecule has 0 saturated heterocycles. The van der Waals surface area contributed by atoms with Crippen molar-refractivity contribution in [3.05, 3.63) is 0 Å². The minimum atomic E-state index is -3.51. The summed E-state index contributed by atoms with van der Waals surface area (Å²) in [4.78, 5) is 0. The lowest BCUT2D eigenvalue weighted by Gasteiger charge is -2.23. The fourth-order valence-corrected chi connectivity index (χ4v) is 6.49. The Morgan fingerprint density at radius 1 is 0.436 bits per heavy atom. The molecule has 2 unspecified atom stereocenters. The number of unbranched alkanes of at least 4 members (excludes halogenated alkanes) is 17. The highest BCUT2D eigenvalue weighted by molar-refractivity contribution is 7.48. The largest absolute Gasteiger partial charge is 0.474 e. The maximum atomic E-state index is 13.5. The summed E-state index contributed by atoms with van der Waals surface area (Å²) in [7, 11) is -3.51. The lowest BCUT2D eigenvalue weighted by molar-refractivity contribution is 0.0832. The van der Waals surface area contributed by atoms with Crippen molar-refractivity contribution >= 4 is 7.82 Å². The van der Waals surface area contributed by atoms with Crippen LogP contribution in [0.3, 0.4) is 0 Å². The van der Waals surface area contributed by atoms with E-state index in [0.717, 1.165) is 38.5 Å². The molecule has 0 spiro atoms. The standard InChI is InChI=1S/C34H71O4P/c1-6-11-14-15-16-17-18-19-20-21-22-23-24-25-26-27-30-36-39(35,37-31-33(9-4)28-12-7-2)38-32-34(10-5)29-13-8-3/h33-34H,6-32H2,1-5H3. The van der Waals surface area contributed by atoms with E-state index in [1.165, 1.54) is 116 Å². The van der Waals surface area contributed by atoms with Crippen LogP contribution in [-0.2, 0) is 18.1 Å². The molecule has 0 heterocycles. The Bertz CT molecular complexity index is 503. The Morgan fingerprint density at radius 3 is 1.10 bits per heavy atom. The average molecular weight is 575 g/mol. The second-order valence-corrected chi connectivity index (χ2v) is 13.7. The van der Waals surface area contributed by atoms with Gasteiger partial charge in [0.15, 0.2) is 0 Å². The molecule has 0 saturated carbocycles. The Labute approximate surface area is 246 Å². The Kier molecular flexibility index (Phi) is 29.7. The fourth-order valence-electron chi connectivity index (χ4n) is 5.13. The molecule has 0 bridgehead atoms. The number of hydrogen-bond acceptors (Lipinski definition) is 4. The molecule has 0 N–H and O–H groups in total. The van der Waals surface area contributed by atoms with Gasteiger partial charge in [0, 0.05) is 0 Å². The normalized spacial score (nSPS) is 14.9. The molecule has 2 atom stereocenters. The molecule has 0 radical (unpaired) electrons. The first-order valence-corrected chi connectivity index (χ1v) is 19.0. The van der Waals surface area contributed by atoms with E-state index in [2.05, 4.69) is 34.6 Å². The number of phosphoric ester groups is 1. The van der Waals surface area contributed by atoms with Crippen molar-refractivity contribution in [2.75, 3.05) is 19.8 Å². The van der Waals surface area contributed by atoms with E-state index in [1.54, 1.807) is 0 Å². The summed E-state index contributed by atoms with van der Waals surface area (Å²) in [5, 5.41) is 0. The summed E-state index contributed by atoms with van der Waals surface area (Å²) in [6.07, 6.45) is 30.5. The first kappa shape index (κ1) is 39.1. The van der Waals surface area contributed by atoms with Crippen molar-refractivity contribution in [1.82, 2.24) is 0 Å². The molecule has 0 aromatic carbocycles. The van der Waals surface area contributed by atoms with Crippen molar-refractivity contribution in [3.8, 4) is 0 Å². The van der Waals surface area contributed by atoms with Gasteiger partial charge in [0.05, 0.1) is 19.8 Å². The summed E-state index contributed by atoms with van der Waals surface area (Å²) in [6.45, 7) is 12.5. The molecule has 4 nitrogen and oxygen atoms in total. The van der Waals surface area contributed by atoms with Gasteiger partial charge in [0.2, 0.25) is 0 Å². The topological polar surface area (TPSA) is 44.8 Å². The summed E-state index contributed by atoms with van der Waals surface area (Å²) in [5.74, 6) is 0.839. The van der Waals surface area contributed by atoms with Gasteiger partial charge >= 0.3 is 7.82 Å². The molecule has 5 heteroatoms. The van der Waals surface area contributed by atoms with Crippen LogP contribution >= 0.6 is 7.82 Å². The molecular formula is C34H71O4P. The van der Waals surface area contributed by atoms with Gasteiger partial charge in [-0.2, -0.15) is 0 Å². The van der Waals surface area contributed by atoms with Gasteiger partial charge < -0.3 is 0 Å². The lowest BCUT2D eigenvalue weighted by atomic mass is 10.0. The summed E-state index contributed by atoms with van der Waals surface area (Å²) >= 11 is 0. The van der Waals surface area contributed by atoms with Crippen LogP contribution < -0.4 is 0 Å². The molecular weight excluding hydrogens is 503 g/mol. The monoisotopic (exact) mass is 575 g/mol. The minimum Gasteiger partial charge on any atom is -0.287 e. The van der Waals surface area contributed by atoms with Gasteiger partial charge in [-0.05, 0) is 31.1 Å². The lowest BCUT2D eigenvalue weighted by Crippen LogP contribution is -2.14. The van der Waals surface area contributed by atoms with Gasteiger partial charge in [0.1, 0.15) is 0 Å². The quantitative estimate of drug-likeness (QED) is 0.0592. The molecule has 0 aliphatic heterocycles. The van der Waals surface area contributed by atoms with Crippen LogP contribution in [0.1, 0.15) is 189 Å². The first-order valence-electron chi connectivity index (χ1n) is 17.6. The zero-order valence-electron chi connectivity index (χ0n) is 27.3. The SMILES string of the molecule is CCCCCCCCCCCCCCCCCCOP(=O)(OCC(CC)CCCC)OCC(CC)CCCC. The minimum absolute atomic E-state index is 0.420. The van der Waals surface area contributed by atoms with E-state index in [0.29, 0.717) is 31.7 Å². The van der Waals surface area contributed by atoms with E-state index >= 15 is 0 Å².